The minimum absolute atomic E-state index is 0.776. The molecule has 0 spiro atoms. The van der Waals surface area contributed by atoms with Crippen molar-refractivity contribution in [2.75, 3.05) is 0 Å². The Morgan fingerprint density at radius 2 is 0.820 bits per heavy atom. The van der Waals surface area contributed by atoms with Gasteiger partial charge in [0.05, 0.1) is 0 Å². The fourth-order valence-corrected chi connectivity index (χ4v) is 9.21. The normalized spacial score (nSPS) is 12.2. The smallest absolute Gasteiger partial charge is 0.178 e. The maximum atomic E-state index is 6.57. The van der Waals surface area contributed by atoms with Crippen molar-refractivity contribution < 1.29 is 8.83 Å². The van der Waals surface area contributed by atoms with Crippen molar-refractivity contribution in [1.29, 1.82) is 0 Å². The highest BCUT2D eigenvalue weighted by Gasteiger charge is 2.18. The Balaban J connectivity index is 0.857. The molecule has 2 heteroatoms. The molecule has 2 heterocycles. The van der Waals surface area contributed by atoms with Gasteiger partial charge in [-0.05, 0) is 162 Å². The molecule has 10 aromatic carbocycles. The van der Waals surface area contributed by atoms with E-state index in [1.165, 1.54) is 60.1 Å². The van der Waals surface area contributed by atoms with E-state index >= 15 is 0 Å². The Morgan fingerprint density at radius 1 is 0.393 bits per heavy atom. The molecule has 2 nitrogen and oxygen atoms in total. The monoisotopic (exact) mass is 778 g/mol. The lowest BCUT2D eigenvalue weighted by molar-refractivity contribution is 0.633. The summed E-state index contributed by atoms with van der Waals surface area (Å²) < 4.78 is 13.1. The standard InChI is InChI=1S/C59H38O2/c1-3-37(44-15-12-38-8-4-6-10-41(38)30-44)29-40-14-17-43(28-36(40)2)50-22-26-56-54(34-50)52-24-25-53-55-35-51(23-27-57(55)61-59(53)58(52)60-56)49-21-20-47-32-46(18-19-48(47)33-49)45-16-13-39-9-5-7-11-42(39)31-45/h3-35H,1H2,2H3/b37-29+. The molecule has 0 fully saturated rings. The van der Waals surface area contributed by atoms with Gasteiger partial charge < -0.3 is 8.83 Å². The molecule has 0 amide bonds. The Morgan fingerprint density at radius 3 is 1.36 bits per heavy atom. The second kappa shape index (κ2) is 13.8. The van der Waals surface area contributed by atoms with Crippen molar-refractivity contribution >= 4 is 87.8 Å². The summed E-state index contributed by atoms with van der Waals surface area (Å²) in [5.74, 6) is 0. The van der Waals surface area contributed by atoms with E-state index in [0.29, 0.717) is 0 Å². The van der Waals surface area contributed by atoms with Gasteiger partial charge in [-0.2, -0.15) is 0 Å². The summed E-state index contributed by atoms with van der Waals surface area (Å²) in [6, 6.07) is 67.8. The van der Waals surface area contributed by atoms with Crippen LogP contribution in [0.3, 0.4) is 0 Å². The van der Waals surface area contributed by atoms with Crippen molar-refractivity contribution in [3.05, 3.63) is 217 Å². The maximum absolute atomic E-state index is 6.57. The van der Waals surface area contributed by atoms with Crippen LogP contribution >= 0.6 is 0 Å². The summed E-state index contributed by atoms with van der Waals surface area (Å²) >= 11 is 0. The van der Waals surface area contributed by atoms with E-state index in [1.54, 1.807) is 0 Å². The number of fused-ring (bicyclic) bond motifs is 10. The quantitative estimate of drug-likeness (QED) is 0.124. The van der Waals surface area contributed by atoms with Crippen molar-refractivity contribution in [3.63, 3.8) is 0 Å². The molecule has 0 unspecified atom stereocenters. The van der Waals surface area contributed by atoms with Crippen LogP contribution in [0.5, 0.6) is 0 Å². The van der Waals surface area contributed by atoms with Crippen LogP contribution in [-0.2, 0) is 0 Å². The topological polar surface area (TPSA) is 26.3 Å². The van der Waals surface area contributed by atoms with E-state index in [0.717, 1.165) is 71.7 Å². The van der Waals surface area contributed by atoms with Gasteiger partial charge in [0, 0.05) is 21.5 Å². The van der Waals surface area contributed by atoms with Crippen molar-refractivity contribution in [2.45, 2.75) is 6.92 Å². The third-order valence-corrected chi connectivity index (χ3v) is 12.5. The second-order valence-corrected chi connectivity index (χ2v) is 16.2. The van der Waals surface area contributed by atoms with Crippen LogP contribution in [0.25, 0.3) is 121 Å². The van der Waals surface area contributed by atoms with Crippen molar-refractivity contribution in [3.8, 4) is 33.4 Å². The van der Waals surface area contributed by atoms with Gasteiger partial charge in [0.15, 0.2) is 11.2 Å². The molecule has 0 atom stereocenters. The van der Waals surface area contributed by atoms with Crippen LogP contribution in [0.1, 0.15) is 16.7 Å². The summed E-state index contributed by atoms with van der Waals surface area (Å²) in [5.41, 5.74) is 14.9. The molecule has 12 aromatic rings. The highest BCUT2D eigenvalue weighted by atomic mass is 16.4. The highest BCUT2D eigenvalue weighted by molar-refractivity contribution is 6.19. The van der Waals surface area contributed by atoms with Crippen LogP contribution in [0.2, 0.25) is 0 Å². The summed E-state index contributed by atoms with van der Waals surface area (Å²) in [5, 5.41) is 11.6. The zero-order valence-corrected chi connectivity index (χ0v) is 33.6. The van der Waals surface area contributed by atoms with Gasteiger partial charge in [-0.1, -0.05) is 140 Å². The summed E-state index contributed by atoms with van der Waals surface area (Å²) in [7, 11) is 0. The first-order valence-corrected chi connectivity index (χ1v) is 20.8. The number of furan rings is 2. The Bertz CT molecular complexity index is 3800. The predicted octanol–water partition coefficient (Wildman–Crippen LogP) is 17.0. The van der Waals surface area contributed by atoms with Gasteiger partial charge in [-0.3, -0.25) is 0 Å². The molecule has 0 radical (unpaired) electrons. The Hall–Kier alpha value is -7.94. The van der Waals surface area contributed by atoms with Crippen LogP contribution in [0, 0.1) is 6.92 Å². The van der Waals surface area contributed by atoms with Gasteiger partial charge in [0.1, 0.15) is 11.2 Å². The van der Waals surface area contributed by atoms with Gasteiger partial charge in [0.2, 0.25) is 0 Å². The lowest BCUT2D eigenvalue weighted by Gasteiger charge is -2.09. The van der Waals surface area contributed by atoms with Crippen LogP contribution in [-0.4, -0.2) is 0 Å². The first kappa shape index (κ1) is 35.0. The Labute approximate surface area is 352 Å². The van der Waals surface area contributed by atoms with Gasteiger partial charge >= 0.3 is 0 Å². The first-order valence-electron chi connectivity index (χ1n) is 20.8. The molecule has 0 aliphatic rings. The lowest BCUT2D eigenvalue weighted by Crippen LogP contribution is -1.87. The fourth-order valence-electron chi connectivity index (χ4n) is 9.21. The zero-order valence-electron chi connectivity index (χ0n) is 33.6. The van der Waals surface area contributed by atoms with Crippen molar-refractivity contribution in [1.82, 2.24) is 0 Å². The van der Waals surface area contributed by atoms with Gasteiger partial charge in [-0.15, -0.1) is 0 Å². The lowest BCUT2D eigenvalue weighted by atomic mass is 9.95. The minimum Gasteiger partial charge on any atom is -0.452 e. The number of hydrogen-bond donors (Lipinski definition) is 0. The molecule has 0 aliphatic carbocycles. The van der Waals surface area contributed by atoms with E-state index in [1.807, 2.05) is 6.08 Å². The van der Waals surface area contributed by atoms with Gasteiger partial charge in [-0.25, -0.2) is 0 Å². The summed E-state index contributed by atoms with van der Waals surface area (Å²) in [4.78, 5) is 0. The highest BCUT2D eigenvalue weighted by Crippen LogP contribution is 2.41. The third kappa shape index (κ3) is 5.95. The molecule has 0 saturated carbocycles. The number of aryl methyl sites for hydroxylation is 1. The molecule has 12 rings (SSSR count). The average molecular weight is 779 g/mol. The molecular weight excluding hydrogens is 741 g/mol. The summed E-state index contributed by atoms with van der Waals surface area (Å²) in [6.07, 6.45) is 4.18. The molecule has 0 N–H and O–H groups in total. The molecule has 286 valence electrons. The number of hydrogen-bond acceptors (Lipinski definition) is 2. The number of allylic oxidation sites excluding steroid dienone is 2. The van der Waals surface area contributed by atoms with E-state index in [4.69, 9.17) is 8.83 Å². The van der Waals surface area contributed by atoms with E-state index < -0.39 is 0 Å². The maximum Gasteiger partial charge on any atom is 0.178 e. The van der Waals surface area contributed by atoms with E-state index in [-0.39, 0.29) is 0 Å². The second-order valence-electron chi connectivity index (χ2n) is 16.2. The Kier molecular flexibility index (Phi) is 7.95. The molecule has 0 bridgehead atoms. The summed E-state index contributed by atoms with van der Waals surface area (Å²) in [6.45, 7) is 6.32. The number of benzene rings is 10. The molecule has 2 aromatic heterocycles. The first-order chi connectivity index (χ1) is 30.0. The molecular formula is C59H38O2. The predicted molar refractivity (Wildman–Crippen MR) is 259 cm³/mol. The van der Waals surface area contributed by atoms with E-state index in [2.05, 4.69) is 208 Å². The van der Waals surface area contributed by atoms with Crippen LogP contribution in [0.4, 0.5) is 0 Å². The fraction of sp³-hybridized carbons (Fsp3) is 0.0169. The van der Waals surface area contributed by atoms with Crippen molar-refractivity contribution in [2.24, 2.45) is 0 Å². The van der Waals surface area contributed by atoms with Crippen LogP contribution in [0.15, 0.2) is 210 Å². The molecule has 0 aliphatic heterocycles. The largest absolute Gasteiger partial charge is 0.452 e. The van der Waals surface area contributed by atoms with Crippen LogP contribution < -0.4 is 0 Å². The molecule has 0 saturated heterocycles. The van der Waals surface area contributed by atoms with Gasteiger partial charge in [0.25, 0.3) is 0 Å². The average Bonchev–Trinajstić information content (AvgIpc) is 3.88. The minimum atomic E-state index is 0.776. The number of rotatable bonds is 6. The zero-order chi connectivity index (χ0) is 40.6. The SMILES string of the molecule is C=C/C(=C\c1ccc(-c2ccc3oc4c(ccc5c6cc(-c7ccc8cc(-c9ccc%10ccccc%10c9)ccc8c7)ccc6oc54)c3c2)cc1C)c1ccc2ccccc2c1. The van der Waals surface area contributed by atoms with E-state index in [9.17, 15) is 0 Å². The third-order valence-electron chi connectivity index (χ3n) is 12.5. The molecule has 61 heavy (non-hydrogen) atoms.